The molecule has 5 rings (SSSR count). The SMILES string of the molecule is O=C(c1ccccc1Cl)N1CCC(c2nc3c(nnn3Cc3ccc([N+](=O)[O-])cc3)c(=O)[nH]2)CC1. The zero-order chi connectivity index (χ0) is 24.5. The van der Waals surface area contributed by atoms with E-state index in [0.29, 0.717) is 48.0 Å². The van der Waals surface area contributed by atoms with Crippen molar-refractivity contribution in [3.8, 4) is 0 Å². The number of nitrogens with one attached hydrogen (secondary N) is 1. The number of hydrogen-bond acceptors (Lipinski definition) is 7. The monoisotopic (exact) mass is 493 g/mol. The number of likely N-dealkylation sites (tertiary alicyclic amines) is 1. The van der Waals surface area contributed by atoms with Gasteiger partial charge in [0.1, 0.15) is 5.82 Å². The Balaban J connectivity index is 1.34. The van der Waals surface area contributed by atoms with Crippen molar-refractivity contribution in [1.82, 2.24) is 29.9 Å². The number of halogens is 1. The molecule has 0 radical (unpaired) electrons. The fourth-order valence-corrected chi connectivity index (χ4v) is 4.46. The lowest BCUT2D eigenvalue weighted by molar-refractivity contribution is -0.384. The fourth-order valence-electron chi connectivity index (χ4n) is 4.24. The Morgan fingerprint density at radius 2 is 1.86 bits per heavy atom. The highest BCUT2D eigenvalue weighted by Crippen LogP contribution is 2.28. The molecule has 1 amide bonds. The number of H-pyrrole nitrogens is 1. The Bertz CT molecular complexity index is 1470. The topological polar surface area (TPSA) is 140 Å². The number of carbonyl (C=O) groups excluding carboxylic acids is 1. The van der Waals surface area contributed by atoms with Crippen LogP contribution in [0.15, 0.2) is 53.3 Å². The average molecular weight is 494 g/mol. The highest BCUT2D eigenvalue weighted by atomic mass is 35.5. The number of benzene rings is 2. The van der Waals surface area contributed by atoms with Gasteiger partial charge in [-0.25, -0.2) is 9.67 Å². The van der Waals surface area contributed by atoms with Gasteiger partial charge in [0.15, 0.2) is 11.2 Å². The molecule has 1 saturated heterocycles. The Hall–Kier alpha value is -4.12. The Morgan fingerprint density at radius 3 is 2.54 bits per heavy atom. The molecule has 1 aliphatic heterocycles. The van der Waals surface area contributed by atoms with Crippen molar-refractivity contribution in [2.24, 2.45) is 0 Å². The number of carbonyl (C=O) groups is 1. The third kappa shape index (κ3) is 4.50. The summed E-state index contributed by atoms with van der Waals surface area (Å²) in [5.41, 5.74) is 1.32. The zero-order valence-electron chi connectivity index (χ0n) is 18.4. The van der Waals surface area contributed by atoms with E-state index in [1.54, 1.807) is 41.3 Å². The highest BCUT2D eigenvalue weighted by Gasteiger charge is 2.27. The molecule has 0 atom stereocenters. The van der Waals surface area contributed by atoms with Crippen LogP contribution in [0.3, 0.4) is 0 Å². The lowest BCUT2D eigenvalue weighted by Gasteiger charge is -2.31. The molecule has 12 heteroatoms. The smallest absolute Gasteiger partial charge is 0.281 e. The number of rotatable bonds is 5. The van der Waals surface area contributed by atoms with Gasteiger partial charge in [-0.15, -0.1) is 5.10 Å². The first kappa shape index (κ1) is 22.7. The largest absolute Gasteiger partial charge is 0.339 e. The molecule has 0 spiro atoms. The van der Waals surface area contributed by atoms with Gasteiger partial charge in [0.05, 0.1) is 22.1 Å². The van der Waals surface area contributed by atoms with Gasteiger partial charge >= 0.3 is 0 Å². The van der Waals surface area contributed by atoms with E-state index in [1.165, 1.54) is 16.8 Å². The lowest BCUT2D eigenvalue weighted by atomic mass is 9.95. The molecular formula is C23H20ClN7O4. The van der Waals surface area contributed by atoms with Crippen molar-refractivity contribution in [2.75, 3.05) is 13.1 Å². The number of hydrogen-bond donors (Lipinski definition) is 1. The van der Waals surface area contributed by atoms with Crippen LogP contribution in [0.5, 0.6) is 0 Å². The van der Waals surface area contributed by atoms with Gasteiger partial charge in [-0.1, -0.05) is 41.1 Å². The predicted octanol–water partition coefficient (Wildman–Crippen LogP) is 3.14. The maximum atomic E-state index is 12.8. The van der Waals surface area contributed by atoms with Crippen LogP contribution >= 0.6 is 11.6 Å². The molecule has 0 unspecified atom stereocenters. The fraction of sp³-hybridized carbons (Fsp3) is 0.261. The lowest BCUT2D eigenvalue weighted by Crippen LogP contribution is -2.38. The van der Waals surface area contributed by atoms with Crippen LogP contribution in [0.1, 0.15) is 40.5 Å². The molecule has 4 aromatic rings. The summed E-state index contributed by atoms with van der Waals surface area (Å²) in [5.74, 6) is 0.376. The number of amides is 1. The number of nitro groups is 1. The molecule has 2 aromatic carbocycles. The Labute approximate surface area is 203 Å². The van der Waals surface area contributed by atoms with Crippen molar-refractivity contribution >= 4 is 34.4 Å². The number of piperidine rings is 1. The third-order valence-corrected chi connectivity index (χ3v) is 6.47. The zero-order valence-corrected chi connectivity index (χ0v) is 19.2. The first-order valence-electron chi connectivity index (χ1n) is 11.0. The van der Waals surface area contributed by atoms with Gasteiger partial charge in [-0.2, -0.15) is 0 Å². The van der Waals surface area contributed by atoms with E-state index in [2.05, 4.69) is 20.3 Å². The van der Waals surface area contributed by atoms with Gasteiger partial charge in [0.2, 0.25) is 0 Å². The summed E-state index contributed by atoms with van der Waals surface area (Å²) < 4.78 is 1.51. The molecule has 0 bridgehead atoms. The van der Waals surface area contributed by atoms with Crippen LogP contribution in [0.4, 0.5) is 5.69 Å². The van der Waals surface area contributed by atoms with E-state index in [1.807, 2.05) is 0 Å². The number of nitro benzene ring substituents is 1. The second-order valence-corrected chi connectivity index (χ2v) is 8.75. The van der Waals surface area contributed by atoms with Gasteiger partial charge in [-0.05, 0) is 30.5 Å². The summed E-state index contributed by atoms with van der Waals surface area (Å²) >= 11 is 6.18. The minimum Gasteiger partial charge on any atom is -0.339 e. The van der Waals surface area contributed by atoms with Crippen LogP contribution in [0, 0.1) is 10.1 Å². The molecule has 2 aromatic heterocycles. The minimum absolute atomic E-state index is 0.00610. The van der Waals surface area contributed by atoms with Crippen molar-refractivity contribution in [3.63, 3.8) is 0 Å². The highest BCUT2D eigenvalue weighted by molar-refractivity contribution is 6.33. The van der Waals surface area contributed by atoms with Crippen molar-refractivity contribution in [3.05, 3.63) is 91.0 Å². The summed E-state index contributed by atoms with van der Waals surface area (Å²) in [6.07, 6.45) is 1.27. The van der Waals surface area contributed by atoms with Gasteiger partial charge in [-0.3, -0.25) is 19.7 Å². The quantitative estimate of drug-likeness (QED) is 0.332. The molecule has 0 saturated carbocycles. The van der Waals surface area contributed by atoms with Crippen molar-refractivity contribution in [2.45, 2.75) is 25.3 Å². The van der Waals surface area contributed by atoms with Crippen LogP contribution in [-0.2, 0) is 6.54 Å². The van der Waals surface area contributed by atoms with Gasteiger partial charge in [0, 0.05) is 31.1 Å². The van der Waals surface area contributed by atoms with E-state index < -0.39 is 4.92 Å². The Kier molecular flexibility index (Phi) is 6.00. The maximum absolute atomic E-state index is 12.8. The second-order valence-electron chi connectivity index (χ2n) is 8.34. The van der Waals surface area contributed by atoms with Gasteiger partial charge < -0.3 is 9.88 Å². The van der Waals surface area contributed by atoms with E-state index in [0.717, 1.165) is 5.56 Å². The molecule has 3 heterocycles. The number of nitrogens with zero attached hydrogens (tertiary/aromatic N) is 6. The standard InChI is InChI=1S/C23H20ClN7O4/c24-18-4-2-1-3-17(18)23(33)29-11-9-15(10-12-29)20-25-21-19(22(32)26-20)27-28-30(21)13-14-5-7-16(8-6-14)31(34)35/h1-8,15H,9-13H2,(H,25,26,32). The Morgan fingerprint density at radius 1 is 1.14 bits per heavy atom. The van der Waals surface area contributed by atoms with E-state index in [-0.39, 0.29) is 35.1 Å². The predicted molar refractivity (Wildman–Crippen MR) is 127 cm³/mol. The number of aromatic amines is 1. The second kappa shape index (κ2) is 9.26. The van der Waals surface area contributed by atoms with Crippen LogP contribution < -0.4 is 5.56 Å². The number of non-ortho nitro benzene ring substituents is 1. The molecule has 1 N–H and O–H groups in total. The summed E-state index contributed by atoms with van der Waals surface area (Å²) in [6.45, 7) is 1.28. The summed E-state index contributed by atoms with van der Waals surface area (Å²) in [7, 11) is 0. The maximum Gasteiger partial charge on any atom is 0.281 e. The van der Waals surface area contributed by atoms with Crippen LogP contribution in [0.2, 0.25) is 5.02 Å². The van der Waals surface area contributed by atoms with Crippen molar-refractivity contribution < 1.29 is 9.72 Å². The van der Waals surface area contributed by atoms with Gasteiger partial charge in [0.25, 0.3) is 17.2 Å². The van der Waals surface area contributed by atoms with Crippen molar-refractivity contribution in [1.29, 1.82) is 0 Å². The van der Waals surface area contributed by atoms with E-state index in [9.17, 15) is 19.7 Å². The molecule has 1 fully saturated rings. The summed E-state index contributed by atoms with van der Waals surface area (Å²) in [6, 6.07) is 13.1. The molecular weight excluding hydrogens is 474 g/mol. The summed E-state index contributed by atoms with van der Waals surface area (Å²) in [5, 5.41) is 19.3. The third-order valence-electron chi connectivity index (χ3n) is 6.14. The van der Waals surface area contributed by atoms with Crippen LogP contribution in [-0.4, -0.2) is 53.8 Å². The normalized spacial score (nSPS) is 14.4. The average Bonchev–Trinajstić information content (AvgIpc) is 3.27. The molecule has 1 aliphatic rings. The molecule has 11 nitrogen and oxygen atoms in total. The van der Waals surface area contributed by atoms with E-state index >= 15 is 0 Å². The number of fused-ring (bicyclic) bond motifs is 1. The minimum atomic E-state index is -0.463. The number of aromatic nitrogens is 5. The van der Waals surface area contributed by atoms with E-state index in [4.69, 9.17) is 11.6 Å². The molecule has 35 heavy (non-hydrogen) atoms. The van der Waals surface area contributed by atoms with Crippen LogP contribution in [0.25, 0.3) is 11.2 Å². The first-order chi connectivity index (χ1) is 16.9. The first-order valence-corrected chi connectivity index (χ1v) is 11.4. The molecule has 178 valence electrons. The molecule has 0 aliphatic carbocycles. The summed E-state index contributed by atoms with van der Waals surface area (Å²) in [4.78, 5) is 45.1.